The molecule has 1 aliphatic rings. The summed E-state index contributed by atoms with van der Waals surface area (Å²) in [5.41, 5.74) is 4.07. The largest absolute Gasteiger partial charge is 0.379 e. The van der Waals surface area contributed by atoms with Crippen LogP contribution in [0.15, 0.2) is 23.0 Å². The molecule has 0 bridgehead atoms. The summed E-state index contributed by atoms with van der Waals surface area (Å²) in [4.78, 5) is 17.6. The molecule has 124 valence electrons. The summed E-state index contributed by atoms with van der Waals surface area (Å²) in [6, 6.07) is 6.23. The number of ether oxygens (including phenoxy) is 1. The molecule has 0 radical (unpaired) electrons. The highest BCUT2D eigenvalue weighted by Gasteiger charge is 2.10. The summed E-state index contributed by atoms with van der Waals surface area (Å²) >= 11 is 0. The van der Waals surface area contributed by atoms with E-state index >= 15 is 0 Å². The molecule has 1 fully saturated rings. The average Bonchev–Trinajstić information content (AvgIpc) is 2.54. The Kier molecular flexibility index (Phi) is 5.10. The number of morpholine rings is 1. The van der Waals surface area contributed by atoms with Gasteiger partial charge in [-0.2, -0.15) is 0 Å². The SMILES string of the molecule is Cc1cc(C)c2[nH]c(=O)c(CNCCN3CCOCC3)cc2c1. The van der Waals surface area contributed by atoms with Crippen molar-refractivity contribution in [2.24, 2.45) is 0 Å². The van der Waals surface area contributed by atoms with Crippen LogP contribution in [0, 0.1) is 13.8 Å². The van der Waals surface area contributed by atoms with Crippen LogP contribution in [-0.2, 0) is 11.3 Å². The van der Waals surface area contributed by atoms with Gasteiger partial charge in [0.15, 0.2) is 0 Å². The number of aromatic amines is 1. The van der Waals surface area contributed by atoms with Crippen LogP contribution in [0.25, 0.3) is 10.9 Å². The minimum atomic E-state index is 0.00308. The standard InChI is InChI=1S/C18H25N3O2/c1-13-9-14(2)17-15(10-13)11-16(18(22)20-17)12-19-3-4-21-5-7-23-8-6-21/h9-11,19H,3-8,12H2,1-2H3,(H,20,22). The Hall–Kier alpha value is -1.69. The van der Waals surface area contributed by atoms with Gasteiger partial charge in [0.1, 0.15) is 0 Å². The fraction of sp³-hybridized carbons (Fsp3) is 0.500. The predicted molar refractivity (Wildman–Crippen MR) is 93.0 cm³/mol. The molecule has 0 atom stereocenters. The molecule has 0 amide bonds. The van der Waals surface area contributed by atoms with Gasteiger partial charge >= 0.3 is 0 Å². The molecule has 3 rings (SSSR count). The van der Waals surface area contributed by atoms with E-state index in [1.165, 1.54) is 5.56 Å². The van der Waals surface area contributed by atoms with Gasteiger partial charge < -0.3 is 15.0 Å². The Bertz CT molecular complexity index is 733. The molecule has 2 heterocycles. The third kappa shape index (κ3) is 3.99. The van der Waals surface area contributed by atoms with Crippen molar-refractivity contribution in [2.75, 3.05) is 39.4 Å². The van der Waals surface area contributed by atoms with Gasteiger partial charge in [-0.1, -0.05) is 11.6 Å². The molecule has 5 nitrogen and oxygen atoms in total. The molecule has 0 aliphatic carbocycles. The van der Waals surface area contributed by atoms with E-state index < -0.39 is 0 Å². The summed E-state index contributed by atoms with van der Waals surface area (Å²) in [6.07, 6.45) is 0. The second-order valence-electron chi connectivity index (χ2n) is 6.30. The number of pyridine rings is 1. The first-order chi connectivity index (χ1) is 11.1. The number of H-pyrrole nitrogens is 1. The first-order valence-corrected chi connectivity index (χ1v) is 8.27. The van der Waals surface area contributed by atoms with E-state index in [-0.39, 0.29) is 5.56 Å². The van der Waals surface area contributed by atoms with Gasteiger partial charge in [0, 0.05) is 38.3 Å². The van der Waals surface area contributed by atoms with Crippen molar-refractivity contribution in [3.05, 3.63) is 45.2 Å². The van der Waals surface area contributed by atoms with Gasteiger partial charge in [-0.3, -0.25) is 9.69 Å². The van der Waals surface area contributed by atoms with Crippen molar-refractivity contribution >= 4 is 10.9 Å². The van der Waals surface area contributed by atoms with Gasteiger partial charge in [0.2, 0.25) is 0 Å². The Balaban J connectivity index is 1.63. The van der Waals surface area contributed by atoms with Crippen molar-refractivity contribution in [1.29, 1.82) is 0 Å². The number of nitrogens with zero attached hydrogens (tertiary/aromatic N) is 1. The summed E-state index contributed by atoms with van der Waals surface area (Å²) in [5, 5.41) is 4.49. The zero-order valence-electron chi connectivity index (χ0n) is 13.9. The Morgan fingerprint density at radius 3 is 2.78 bits per heavy atom. The lowest BCUT2D eigenvalue weighted by molar-refractivity contribution is 0.0384. The molecule has 2 N–H and O–H groups in total. The maximum Gasteiger partial charge on any atom is 0.252 e. The molecule has 0 saturated carbocycles. The highest BCUT2D eigenvalue weighted by molar-refractivity contribution is 5.82. The second-order valence-corrected chi connectivity index (χ2v) is 6.30. The van der Waals surface area contributed by atoms with E-state index in [0.717, 1.165) is 61.4 Å². The summed E-state index contributed by atoms with van der Waals surface area (Å²) < 4.78 is 5.34. The van der Waals surface area contributed by atoms with Gasteiger partial charge in [-0.05, 0) is 36.9 Å². The number of rotatable bonds is 5. The van der Waals surface area contributed by atoms with Crippen molar-refractivity contribution in [3.63, 3.8) is 0 Å². The maximum absolute atomic E-state index is 12.2. The van der Waals surface area contributed by atoms with E-state index in [4.69, 9.17) is 4.74 Å². The zero-order valence-corrected chi connectivity index (χ0v) is 13.9. The lowest BCUT2D eigenvalue weighted by atomic mass is 10.1. The van der Waals surface area contributed by atoms with Crippen molar-refractivity contribution in [1.82, 2.24) is 15.2 Å². The van der Waals surface area contributed by atoms with Crippen LogP contribution < -0.4 is 10.9 Å². The quantitative estimate of drug-likeness (QED) is 0.822. The first-order valence-electron chi connectivity index (χ1n) is 8.27. The Labute approximate surface area is 136 Å². The first kappa shape index (κ1) is 16.2. The summed E-state index contributed by atoms with van der Waals surface area (Å²) in [5.74, 6) is 0. The molecule has 1 aliphatic heterocycles. The fourth-order valence-corrected chi connectivity index (χ4v) is 3.15. The van der Waals surface area contributed by atoms with Crippen LogP contribution in [0.5, 0.6) is 0 Å². The molecule has 1 aromatic heterocycles. The Morgan fingerprint density at radius 1 is 1.22 bits per heavy atom. The van der Waals surface area contributed by atoms with Crippen molar-refractivity contribution in [3.8, 4) is 0 Å². The monoisotopic (exact) mass is 315 g/mol. The van der Waals surface area contributed by atoms with E-state index in [2.05, 4.69) is 34.3 Å². The number of fused-ring (bicyclic) bond motifs is 1. The molecule has 0 unspecified atom stereocenters. The smallest absolute Gasteiger partial charge is 0.252 e. The molecule has 1 saturated heterocycles. The highest BCUT2D eigenvalue weighted by Crippen LogP contribution is 2.17. The fourth-order valence-electron chi connectivity index (χ4n) is 3.15. The number of hydrogen-bond donors (Lipinski definition) is 2. The van der Waals surface area contributed by atoms with Gasteiger partial charge in [0.05, 0.1) is 18.7 Å². The third-order valence-corrected chi connectivity index (χ3v) is 4.39. The van der Waals surface area contributed by atoms with E-state index in [1.54, 1.807) is 0 Å². The molecule has 23 heavy (non-hydrogen) atoms. The summed E-state index contributed by atoms with van der Waals surface area (Å²) in [6.45, 7) is 10.2. The normalized spacial score (nSPS) is 16.1. The molecule has 2 aromatic rings. The predicted octanol–water partition coefficient (Wildman–Crippen LogP) is 1.57. The topological polar surface area (TPSA) is 57.4 Å². The minimum absolute atomic E-state index is 0.00308. The second kappa shape index (κ2) is 7.25. The zero-order chi connectivity index (χ0) is 16.2. The molecular weight excluding hydrogens is 290 g/mol. The average molecular weight is 315 g/mol. The van der Waals surface area contributed by atoms with Crippen molar-refractivity contribution in [2.45, 2.75) is 20.4 Å². The van der Waals surface area contributed by atoms with Crippen LogP contribution in [0.2, 0.25) is 0 Å². The van der Waals surface area contributed by atoms with Gasteiger partial charge in [-0.25, -0.2) is 0 Å². The number of benzene rings is 1. The van der Waals surface area contributed by atoms with Crippen LogP contribution in [0.1, 0.15) is 16.7 Å². The van der Waals surface area contributed by atoms with Crippen LogP contribution in [0.3, 0.4) is 0 Å². The Morgan fingerprint density at radius 2 is 2.00 bits per heavy atom. The van der Waals surface area contributed by atoms with Crippen LogP contribution in [0.4, 0.5) is 0 Å². The number of hydrogen-bond acceptors (Lipinski definition) is 4. The number of nitrogens with one attached hydrogen (secondary N) is 2. The number of aromatic nitrogens is 1. The minimum Gasteiger partial charge on any atom is -0.379 e. The summed E-state index contributed by atoms with van der Waals surface area (Å²) in [7, 11) is 0. The molecule has 1 aromatic carbocycles. The highest BCUT2D eigenvalue weighted by atomic mass is 16.5. The molecule has 0 spiro atoms. The maximum atomic E-state index is 12.2. The van der Waals surface area contributed by atoms with Gasteiger partial charge in [0.25, 0.3) is 5.56 Å². The number of aryl methyl sites for hydroxylation is 2. The van der Waals surface area contributed by atoms with E-state index in [1.807, 2.05) is 13.0 Å². The molecule has 5 heteroatoms. The third-order valence-electron chi connectivity index (χ3n) is 4.39. The lowest BCUT2D eigenvalue weighted by Crippen LogP contribution is -2.40. The van der Waals surface area contributed by atoms with Crippen LogP contribution in [-0.4, -0.2) is 49.3 Å². The lowest BCUT2D eigenvalue weighted by Gasteiger charge is -2.26. The van der Waals surface area contributed by atoms with Crippen molar-refractivity contribution < 1.29 is 4.74 Å². The van der Waals surface area contributed by atoms with E-state index in [0.29, 0.717) is 6.54 Å². The van der Waals surface area contributed by atoms with Gasteiger partial charge in [-0.15, -0.1) is 0 Å². The van der Waals surface area contributed by atoms with E-state index in [9.17, 15) is 4.79 Å². The van der Waals surface area contributed by atoms with Crippen LogP contribution >= 0.6 is 0 Å². The molecular formula is C18H25N3O2.